The molecule has 0 aromatic carbocycles. The third-order valence-electron chi connectivity index (χ3n) is 3.69. The van der Waals surface area contributed by atoms with Crippen molar-refractivity contribution in [2.24, 2.45) is 0 Å². The molecule has 1 aliphatic carbocycles. The lowest BCUT2D eigenvalue weighted by Gasteiger charge is -2.35. The fourth-order valence-electron chi connectivity index (χ4n) is 2.73. The summed E-state index contributed by atoms with van der Waals surface area (Å²) in [6, 6.07) is 2.75. The van der Waals surface area contributed by atoms with Crippen molar-refractivity contribution < 1.29 is 5.11 Å². The van der Waals surface area contributed by atoms with Crippen molar-refractivity contribution in [3.05, 3.63) is 18.0 Å². The van der Waals surface area contributed by atoms with Gasteiger partial charge in [-0.1, -0.05) is 12.8 Å². The first-order valence-corrected chi connectivity index (χ1v) is 6.26. The Morgan fingerprint density at radius 1 is 1.31 bits per heavy atom. The minimum Gasteiger partial charge on any atom is -0.390 e. The van der Waals surface area contributed by atoms with E-state index in [4.69, 9.17) is 0 Å². The van der Waals surface area contributed by atoms with Crippen molar-refractivity contribution in [1.82, 2.24) is 14.7 Å². The predicted molar refractivity (Wildman–Crippen MR) is 61.0 cm³/mol. The minimum atomic E-state index is -0.114. The average molecular weight is 221 g/mol. The SMILES string of the molecule is OC1CN(Cc2ccn(C3CCCC3)n2)C1. The number of rotatable bonds is 3. The molecule has 2 fully saturated rings. The van der Waals surface area contributed by atoms with E-state index < -0.39 is 0 Å². The molecule has 0 atom stereocenters. The molecule has 1 N–H and O–H groups in total. The number of β-amino-alcohol motifs (C(OH)–C–C–N with tert-alkyl or cyclic N) is 1. The Kier molecular flexibility index (Phi) is 2.69. The van der Waals surface area contributed by atoms with E-state index in [0.29, 0.717) is 6.04 Å². The van der Waals surface area contributed by atoms with Gasteiger partial charge in [0.05, 0.1) is 17.8 Å². The van der Waals surface area contributed by atoms with Crippen LogP contribution in [-0.4, -0.2) is 39.0 Å². The van der Waals surface area contributed by atoms with E-state index >= 15 is 0 Å². The van der Waals surface area contributed by atoms with Gasteiger partial charge in [0, 0.05) is 25.8 Å². The molecule has 88 valence electrons. The van der Waals surface area contributed by atoms with Gasteiger partial charge in [0.1, 0.15) is 0 Å². The number of hydrogen-bond donors (Lipinski definition) is 1. The van der Waals surface area contributed by atoms with Crippen molar-refractivity contribution in [1.29, 1.82) is 0 Å². The first-order chi connectivity index (χ1) is 7.81. The van der Waals surface area contributed by atoms with Crippen LogP contribution in [0.3, 0.4) is 0 Å². The Bertz CT molecular complexity index is 351. The van der Waals surface area contributed by atoms with Crippen molar-refractivity contribution in [3.63, 3.8) is 0 Å². The van der Waals surface area contributed by atoms with E-state index in [1.54, 1.807) is 0 Å². The van der Waals surface area contributed by atoms with Crippen LogP contribution < -0.4 is 0 Å². The molecule has 1 aliphatic heterocycles. The third-order valence-corrected chi connectivity index (χ3v) is 3.69. The standard InChI is InChI=1S/C12H19N3O/c16-12-8-14(9-12)7-10-5-6-15(13-10)11-3-1-2-4-11/h5-6,11-12,16H,1-4,7-9H2. The van der Waals surface area contributed by atoms with E-state index in [1.807, 2.05) is 0 Å². The molecule has 1 aromatic heterocycles. The van der Waals surface area contributed by atoms with Gasteiger partial charge in [-0.3, -0.25) is 9.58 Å². The highest BCUT2D eigenvalue weighted by molar-refractivity contribution is 5.01. The zero-order valence-electron chi connectivity index (χ0n) is 9.55. The molecule has 2 heterocycles. The lowest BCUT2D eigenvalue weighted by molar-refractivity contribution is -0.00366. The van der Waals surface area contributed by atoms with Crippen molar-refractivity contribution in [2.45, 2.75) is 44.4 Å². The first kappa shape index (κ1) is 10.3. The van der Waals surface area contributed by atoms with Gasteiger partial charge >= 0.3 is 0 Å². The molecule has 0 amide bonds. The monoisotopic (exact) mass is 221 g/mol. The maximum Gasteiger partial charge on any atom is 0.0794 e. The normalized spacial score (nSPS) is 23.8. The van der Waals surface area contributed by atoms with Crippen LogP contribution in [0.2, 0.25) is 0 Å². The number of nitrogens with zero attached hydrogens (tertiary/aromatic N) is 3. The minimum absolute atomic E-state index is 0.114. The van der Waals surface area contributed by atoms with Gasteiger partial charge in [-0.2, -0.15) is 5.10 Å². The fraction of sp³-hybridized carbons (Fsp3) is 0.750. The average Bonchev–Trinajstić information content (AvgIpc) is 2.84. The lowest BCUT2D eigenvalue weighted by Crippen LogP contribution is -2.49. The highest BCUT2D eigenvalue weighted by Gasteiger charge is 2.25. The van der Waals surface area contributed by atoms with E-state index in [9.17, 15) is 5.11 Å². The first-order valence-electron chi connectivity index (χ1n) is 6.26. The summed E-state index contributed by atoms with van der Waals surface area (Å²) < 4.78 is 2.14. The molecule has 1 saturated carbocycles. The van der Waals surface area contributed by atoms with Crippen molar-refractivity contribution in [2.75, 3.05) is 13.1 Å². The van der Waals surface area contributed by atoms with Crippen LogP contribution in [0.5, 0.6) is 0 Å². The summed E-state index contributed by atoms with van der Waals surface area (Å²) in [5.41, 5.74) is 1.14. The zero-order chi connectivity index (χ0) is 11.0. The molecule has 16 heavy (non-hydrogen) atoms. The van der Waals surface area contributed by atoms with E-state index in [2.05, 4.69) is 26.9 Å². The number of likely N-dealkylation sites (tertiary alicyclic amines) is 1. The summed E-state index contributed by atoms with van der Waals surface area (Å²) >= 11 is 0. The molecule has 4 heteroatoms. The van der Waals surface area contributed by atoms with Gasteiger partial charge in [0.15, 0.2) is 0 Å². The maximum atomic E-state index is 9.21. The van der Waals surface area contributed by atoms with Crippen LogP contribution >= 0.6 is 0 Å². The van der Waals surface area contributed by atoms with Crippen LogP contribution in [0, 0.1) is 0 Å². The highest BCUT2D eigenvalue weighted by atomic mass is 16.3. The largest absolute Gasteiger partial charge is 0.390 e. The van der Waals surface area contributed by atoms with Crippen molar-refractivity contribution in [3.8, 4) is 0 Å². The van der Waals surface area contributed by atoms with Gasteiger partial charge in [0.25, 0.3) is 0 Å². The van der Waals surface area contributed by atoms with Crippen LogP contribution in [-0.2, 0) is 6.54 Å². The molecule has 0 spiro atoms. The van der Waals surface area contributed by atoms with Gasteiger partial charge in [-0.25, -0.2) is 0 Å². The van der Waals surface area contributed by atoms with Gasteiger partial charge in [0.2, 0.25) is 0 Å². The molecule has 2 aliphatic rings. The molecule has 0 bridgehead atoms. The Labute approximate surface area is 95.9 Å². The smallest absolute Gasteiger partial charge is 0.0794 e. The third kappa shape index (κ3) is 1.99. The summed E-state index contributed by atoms with van der Waals surface area (Å²) in [6.45, 7) is 2.49. The van der Waals surface area contributed by atoms with Crippen molar-refractivity contribution >= 4 is 0 Å². The fourth-order valence-corrected chi connectivity index (χ4v) is 2.73. The molecule has 4 nitrogen and oxygen atoms in total. The Hall–Kier alpha value is -0.870. The molecule has 1 saturated heterocycles. The Morgan fingerprint density at radius 2 is 2.06 bits per heavy atom. The summed E-state index contributed by atoms with van der Waals surface area (Å²) in [4.78, 5) is 2.23. The highest BCUT2D eigenvalue weighted by Crippen LogP contribution is 2.28. The number of aromatic nitrogens is 2. The van der Waals surface area contributed by atoms with Gasteiger partial charge in [-0.15, -0.1) is 0 Å². The maximum absolute atomic E-state index is 9.21. The van der Waals surface area contributed by atoms with E-state index in [0.717, 1.165) is 25.3 Å². The summed E-state index contributed by atoms with van der Waals surface area (Å²) in [7, 11) is 0. The van der Waals surface area contributed by atoms with Crippen LogP contribution in [0.4, 0.5) is 0 Å². The number of hydrogen-bond acceptors (Lipinski definition) is 3. The van der Waals surface area contributed by atoms with Crippen LogP contribution in [0.1, 0.15) is 37.4 Å². The second-order valence-electron chi connectivity index (χ2n) is 5.07. The molecular weight excluding hydrogens is 202 g/mol. The van der Waals surface area contributed by atoms with Gasteiger partial charge < -0.3 is 5.11 Å². The topological polar surface area (TPSA) is 41.3 Å². The second-order valence-corrected chi connectivity index (χ2v) is 5.07. The molecule has 0 radical (unpaired) electrons. The zero-order valence-corrected chi connectivity index (χ0v) is 9.55. The summed E-state index contributed by atoms with van der Waals surface area (Å²) in [5.74, 6) is 0. The predicted octanol–water partition coefficient (Wildman–Crippen LogP) is 1.17. The van der Waals surface area contributed by atoms with E-state index in [1.165, 1.54) is 25.7 Å². The molecule has 0 unspecified atom stereocenters. The Morgan fingerprint density at radius 3 is 2.75 bits per heavy atom. The summed E-state index contributed by atoms with van der Waals surface area (Å²) in [6.07, 6.45) is 7.25. The Balaban J connectivity index is 1.59. The van der Waals surface area contributed by atoms with Crippen LogP contribution in [0.15, 0.2) is 12.3 Å². The van der Waals surface area contributed by atoms with Gasteiger partial charge in [-0.05, 0) is 18.9 Å². The number of aliphatic hydroxyl groups is 1. The van der Waals surface area contributed by atoms with Crippen LogP contribution in [0.25, 0.3) is 0 Å². The molecule has 1 aromatic rings. The molecular formula is C12H19N3O. The van der Waals surface area contributed by atoms with E-state index in [-0.39, 0.29) is 6.10 Å². The summed E-state index contributed by atoms with van der Waals surface area (Å²) in [5, 5.41) is 13.8. The second kappa shape index (κ2) is 4.18. The lowest BCUT2D eigenvalue weighted by atomic mass is 10.1. The number of aliphatic hydroxyl groups excluding tert-OH is 1. The molecule has 3 rings (SSSR count). The quantitative estimate of drug-likeness (QED) is 0.833.